The van der Waals surface area contributed by atoms with Gasteiger partial charge in [-0.2, -0.15) is 10.2 Å². The Balaban J connectivity index is 1.95. The van der Waals surface area contributed by atoms with E-state index < -0.39 is 5.97 Å². The van der Waals surface area contributed by atoms with E-state index in [-0.39, 0.29) is 18.0 Å². The van der Waals surface area contributed by atoms with Gasteiger partial charge in [-0.1, -0.05) is 0 Å². The first-order valence-electron chi connectivity index (χ1n) is 5.66. The second-order valence-electron chi connectivity index (χ2n) is 3.86. The Morgan fingerprint density at radius 3 is 2.58 bits per heavy atom. The van der Waals surface area contributed by atoms with Gasteiger partial charge in [0.1, 0.15) is 6.54 Å². The maximum Gasteiger partial charge on any atom is 0.338 e. The largest absolute Gasteiger partial charge is 0.478 e. The molecule has 0 atom stereocenters. The lowest BCUT2D eigenvalue weighted by atomic mass is 10.4. The quantitative estimate of drug-likeness (QED) is 0.814. The fraction of sp³-hybridized carbons (Fsp3) is 0.273. The van der Waals surface area contributed by atoms with Gasteiger partial charge in [0.25, 0.3) is 0 Å². The van der Waals surface area contributed by atoms with E-state index in [4.69, 9.17) is 5.11 Å². The summed E-state index contributed by atoms with van der Waals surface area (Å²) in [4.78, 5) is 22.4. The van der Waals surface area contributed by atoms with E-state index in [9.17, 15) is 9.59 Å². The fourth-order valence-electron chi connectivity index (χ4n) is 1.51. The van der Waals surface area contributed by atoms with Gasteiger partial charge in [-0.3, -0.25) is 14.2 Å². The first kappa shape index (κ1) is 12.8. The highest BCUT2D eigenvalue weighted by molar-refractivity contribution is 5.90. The SMILES string of the molecule is CCn1cc(NC(=O)Cn2cc(C(=O)O)cn2)cn1. The summed E-state index contributed by atoms with van der Waals surface area (Å²) < 4.78 is 2.95. The van der Waals surface area contributed by atoms with Crippen LogP contribution in [-0.4, -0.2) is 36.5 Å². The smallest absolute Gasteiger partial charge is 0.338 e. The van der Waals surface area contributed by atoms with E-state index in [1.807, 2.05) is 6.92 Å². The van der Waals surface area contributed by atoms with Crippen LogP contribution >= 0.6 is 0 Å². The molecule has 8 nitrogen and oxygen atoms in total. The number of carboxylic acid groups (broad SMARTS) is 1. The third-order valence-corrected chi connectivity index (χ3v) is 2.43. The number of carbonyl (C=O) groups is 2. The predicted molar refractivity (Wildman–Crippen MR) is 65.7 cm³/mol. The van der Waals surface area contributed by atoms with Gasteiger partial charge >= 0.3 is 5.97 Å². The van der Waals surface area contributed by atoms with Crippen molar-refractivity contribution in [2.45, 2.75) is 20.0 Å². The first-order valence-corrected chi connectivity index (χ1v) is 5.66. The van der Waals surface area contributed by atoms with Crippen LogP contribution in [0.1, 0.15) is 17.3 Å². The monoisotopic (exact) mass is 263 g/mol. The molecule has 2 N–H and O–H groups in total. The maximum atomic E-state index is 11.7. The summed E-state index contributed by atoms with van der Waals surface area (Å²) in [5.41, 5.74) is 0.643. The summed E-state index contributed by atoms with van der Waals surface area (Å²) in [6, 6.07) is 0. The van der Waals surface area contributed by atoms with Crippen molar-refractivity contribution in [2.75, 3.05) is 5.32 Å². The van der Waals surface area contributed by atoms with Crippen LogP contribution in [0.4, 0.5) is 5.69 Å². The minimum Gasteiger partial charge on any atom is -0.478 e. The topological polar surface area (TPSA) is 102 Å². The molecule has 0 radical (unpaired) electrons. The molecule has 0 spiro atoms. The van der Waals surface area contributed by atoms with Gasteiger partial charge < -0.3 is 10.4 Å². The Morgan fingerprint density at radius 1 is 1.26 bits per heavy atom. The molecule has 0 aliphatic carbocycles. The van der Waals surface area contributed by atoms with E-state index in [1.165, 1.54) is 17.1 Å². The van der Waals surface area contributed by atoms with Gasteiger partial charge in [0.05, 0.1) is 23.6 Å². The van der Waals surface area contributed by atoms with Crippen LogP contribution in [0, 0.1) is 0 Å². The average molecular weight is 263 g/mol. The maximum absolute atomic E-state index is 11.7. The summed E-state index contributed by atoms with van der Waals surface area (Å²) in [6.07, 6.45) is 5.76. The summed E-state index contributed by atoms with van der Waals surface area (Å²) in [6.45, 7) is 2.61. The van der Waals surface area contributed by atoms with E-state index in [0.29, 0.717) is 5.69 Å². The van der Waals surface area contributed by atoms with Crippen molar-refractivity contribution in [3.63, 3.8) is 0 Å². The Morgan fingerprint density at radius 2 is 2.00 bits per heavy atom. The van der Waals surface area contributed by atoms with Crippen LogP contribution < -0.4 is 5.32 Å². The van der Waals surface area contributed by atoms with Crippen LogP contribution in [0.3, 0.4) is 0 Å². The normalized spacial score (nSPS) is 10.4. The van der Waals surface area contributed by atoms with Crippen LogP contribution in [-0.2, 0) is 17.9 Å². The molecule has 0 saturated heterocycles. The van der Waals surface area contributed by atoms with Crippen LogP contribution in [0.15, 0.2) is 24.8 Å². The summed E-state index contributed by atoms with van der Waals surface area (Å²) in [5.74, 6) is -1.37. The summed E-state index contributed by atoms with van der Waals surface area (Å²) in [7, 11) is 0. The zero-order valence-electron chi connectivity index (χ0n) is 10.3. The number of carbonyl (C=O) groups excluding carboxylic acids is 1. The molecule has 0 fully saturated rings. The number of aromatic carboxylic acids is 1. The van der Waals surface area contributed by atoms with Crippen LogP contribution in [0.2, 0.25) is 0 Å². The lowest BCUT2D eigenvalue weighted by Crippen LogP contribution is -2.18. The molecule has 8 heteroatoms. The molecule has 0 unspecified atom stereocenters. The zero-order chi connectivity index (χ0) is 13.8. The van der Waals surface area contributed by atoms with Gasteiger partial charge in [-0.15, -0.1) is 0 Å². The molecule has 0 saturated carbocycles. The predicted octanol–water partition coefficient (Wildman–Crippen LogP) is 0.436. The van der Waals surface area contributed by atoms with Crippen molar-refractivity contribution in [1.29, 1.82) is 0 Å². The van der Waals surface area contributed by atoms with Gasteiger partial charge in [0.2, 0.25) is 5.91 Å². The fourth-order valence-corrected chi connectivity index (χ4v) is 1.51. The number of hydrogen-bond donors (Lipinski definition) is 2. The summed E-state index contributed by atoms with van der Waals surface area (Å²) in [5, 5.41) is 19.2. The molecule has 0 aliphatic heterocycles. The number of nitrogens with one attached hydrogen (secondary N) is 1. The lowest BCUT2D eigenvalue weighted by molar-refractivity contribution is -0.116. The molecule has 0 bridgehead atoms. The van der Waals surface area contributed by atoms with Crippen molar-refractivity contribution in [2.24, 2.45) is 0 Å². The molecule has 1 amide bonds. The number of amides is 1. The molecule has 0 aromatic carbocycles. The number of hydrogen-bond acceptors (Lipinski definition) is 4. The van der Waals surface area contributed by atoms with Crippen molar-refractivity contribution in [1.82, 2.24) is 19.6 Å². The first-order chi connectivity index (χ1) is 9.08. The van der Waals surface area contributed by atoms with E-state index >= 15 is 0 Å². The van der Waals surface area contributed by atoms with Crippen molar-refractivity contribution >= 4 is 17.6 Å². The second-order valence-corrected chi connectivity index (χ2v) is 3.86. The minimum atomic E-state index is -1.07. The van der Waals surface area contributed by atoms with E-state index in [1.54, 1.807) is 17.1 Å². The highest BCUT2D eigenvalue weighted by atomic mass is 16.4. The third kappa shape index (κ3) is 3.18. The number of anilines is 1. The summed E-state index contributed by atoms with van der Waals surface area (Å²) >= 11 is 0. The molecule has 2 aromatic heterocycles. The number of carboxylic acids is 1. The highest BCUT2D eigenvalue weighted by Gasteiger charge is 2.09. The molecule has 19 heavy (non-hydrogen) atoms. The standard InChI is InChI=1S/C11H13N5O3/c1-2-15-6-9(4-13-15)14-10(17)7-16-5-8(3-12-16)11(18)19/h3-6H,2,7H2,1H3,(H,14,17)(H,18,19). The Labute approximate surface area is 108 Å². The number of nitrogens with zero attached hydrogens (tertiary/aromatic N) is 4. The minimum absolute atomic E-state index is 0.0478. The number of aryl methyl sites for hydroxylation is 1. The molecule has 100 valence electrons. The van der Waals surface area contributed by atoms with Crippen molar-refractivity contribution < 1.29 is 14.7 Å². The van der Waals surface area contributed by atoms with Gasteiger partial charge in [-0.05, 0) is 6.92 Å². The second kappa shape index (κ2) is 5.34. The van der Waals surface area contributed by atoms with Gasteiger partial charge in [0.15, 0.2) is 0 Å². The molecule has 0 aliphatic rings. The third-order valence-electron chi connectivity index (χ3n) is 2.43. The number of rotatable bonds is 5. The molecule has 2 aromatic rings. The Hall–Kier alpha value is -2.64. The molecule has 2 rings (SSSR count). The highest BCUT2D eigenvalue weighted by Crippen LogP contribution is 2.05. The van der Waals surface area contributed by atoms with E-state index in [2.05, 4.69) is 15.5 Å². The molecule has 2 heterocycles. The average Bonchev–Trinajstić information content (AvgIpc) is 2.98. The lowest BCUT2D eigenvalue weighted by Gasteiger charge is -2.02. The van der Waals surface area contributed by atoms with Gasteiger partial charge in [0, 0.05) is 18.9 Å². The van der Waals surface area contributed by atoms with Crippen molar-refractivity contribution in [3.05, 3.63) is 30.4 Å². The zero-order valence-corrected chi connectivity index (χ0v) is 10.3. The molecular weight excluding hydrogens is 250 g/mol. The van der Waals surface area contributed by atoms with Crippen LogP contribution in [0.25, 0.3) is 0 Å². The number of aromatic nitrogens is 4. The van der Waals surface area contributed by atoms with Crippen LogP contribution in [0.5, 0.6) is 0 Å². The Bertz CT molecular complexity index is 601. The van der Waals surface area contributed by atoms with Crippen molar-refractivity contribution in [3.8, 4) is 0 Å². The van der Waals surface area contributed by atoms with Gasteiger partial charge in [-0.25, -0.2) is 4.79 Å². The van der Waals surface area contributed by atoms with E-state index in [0.717, 1.165) is 6.54 Å². The molecular formula is C11H13N5O3. The Kier molecular flexibility index (Phi) is 3.60.